The topological polar surface area (TPSA) is 80.1 Å². The van der Waals surface area contributed by atoms with Gasteiger partial charge in [-0.15, -0.1) is 5.10 Å². The number of nitrogens with zero attached hydrogens (tertiary/aromatic N) is 4. The molecular weight excluding hydrogens is 330 g/mol. The zero-order chi connectivity index (χ0) is 17.9. The summed E-state index contributed by atoms with van der Waals surface area (Å²) in [5, 5.41) is 11.8. The summed E-state index contributed by atoms with van der Waals surface area (Å²) in [5.41, 5.74) is 1.29. The molecule has 1 atom stereocenters. The quantitative estimate of drug-likeness (QED) is 0.772. The van der Waals surface area contributed by atoms with Crippen molar-refractivity contribution in [2.75, 3.05) is 18.4 Å². The van der Waals surface area contributed by atoms with E-state index in [1.165, 1.54) is 0 Å². The normalized spacial score (nSPS) is 16.8. The van der Waals surface area contributed by atoms with Crippen LogP contribution in [0.25, 0.3) is 10.9 Å². The van der Waals surface area contributed by atoms with Crippen molar-refractivity contribution in [3.63, 3.8) is 0 Å². The maximum atomic E-state index is 12.6. The van der Waals surface area contributed by atoms with E-state index >= 15 is 0 Å². The highest BCUT2D eigenvalue weighted by Crippen LogP contribution is 2.16. The number of carbonyl (C=O) groups is 1. The van der Waals surface area contributed by atoms with E-state index in [4.69, 9.17) is 0 Å². The standard InChI is InChI=1S/C19H19N5O2/c25-18(13-24-19(26)16-8-4-5-9-17(16)21-22-24)23-11-10-15(12-23)20-14-6-2-1-3-7-14/h1-9,15,20H,10-13H2/t15-/m0/s1. The number of aromatic nitrogens is 3. The lowest BCUT2D eigenvalue weighted by Gasteiger charge is -2.18. The molecule has 3 aromatic rings. The second-order valence-electron chi connectivity index (χ2n) is 6.41. The number of hydrogen-bond donors (Lipinski definition) is 1. The molecule has 0 spiro atoms. The lowest BCUT2D eigenvalue weighted by Crippen LogP contribution is -2.37. The molecule has 0 unspecified atom stereocenters. The average Bonchev–Trinajstić information content (AvgIpc) is 3.14. The van der Waals surface area contributed by atoms with Crippen LogP contribution in [0, 0.1) is 0 Å². The summed E-state index contributed by atoms with van der Waals surface area (Å²) < 4.78 is 1.14. The predicted molar refractivity (Wildman–Crippen MR) is 98.8 cm³/mol. The molecule has 2 heterocycles. The van der Waals surface area contributed by atoms with Crippen LogP contribution in [0.4, 0.5) is 5.69 Å². The van der Waals surface area contributed by atoms with E-state index in [0.717, 1.165) is 16.8 Å². The van der Waals surface area contributed by atoms with Gasteiger partial charge in [0, 0.05) is 24.8 Å². The Labute approximate surface area is 150 Å². The minimum atomic E-state index is -0.290. The Balaban J connectivity index is 1.43. The van der Waals surface area contributed by atoms with Gasteiger partial charge in [-0.3, -0.25) is 9.59 Å². The molecule has 26 heavy (non-hydrogen) atoms. The molecule has 0 radical (unpaired) electrons. The molecule has 7 nitrogen and oxygen atoms in total. The molecule has 1 aromatic heterocycles. The van der Waals surface area contributed by atoms with Crippen LogP contribution in [-0.4, -0.2) is 44.9 Å². The smallest absolute Gasteiger partial charge is 0.278 e. The second kappa shape index (κ2) is 6.95. The van der Waals surface area contributed by atoms with Gasteiger partial charge in [0.1, 0.15) is 12.1 Å². The van der Waals surface area contributed by atoms with Gasteiger partial charge >= 0.3 is 0 Å². The number of rotatable bonds is 4. The highest BCUT2D eigenvalue weighted by atomic mass is 16.2. The molecule has 1 saturated heterocycles. The lowest BCUT2D eigenvalue weighted by molar-refractivity contribution is -0.131. The Morgan fingerprint density at radius 1 is 1.12 bits per heavy atom. The Bertz CT molecular complexity index is 986. The van der Waals surface area contributed by atoms with Crippen LogP contribution in [0.2, 0.25) is 0 Å². The zero-order valence-electron chi connectivity index (χ0n) is 14.2. The first kappa shape index (κ1) is 16.3. The highest BCUT2D eigenvalue weighted by Gasteiger charge is 2.26. The Morgan fingerprint density at radius 2 is 1.88 bits per heavy atom. The van der Waals surface area contributed by atoms with Gasteiger partial charge in [-0.1, -0.05) is 35.5 Å². The van der Waals surface area contributed by atoms with Gasteiger partial charge in [-0.25, -0.2) is 4.68 Å². The van der Waals surface area contributed by atoms with E-state index in [1.807, 2.05) is 30.3 Å². The highest BCUT2D eigenvalue weighted by molar-refractivity contribution is 5.78. The number of benzene rings is 2. The summed E-state index contributed by atoms with van der Waals surface area (Å²) in [5.74, 6) is -0.117. The Kier molecular flexibility index (Phi) is 4.35. The fraction of sp³-hybridized carbons (Fsp3) is 0.263. The van der Waals surface area contributed by atoms with E-state index in [-0.39, 0.29) is 24.1 Å². The number of nitrogens with one attached hydrogen (secondary N) is 1. The van der Waals surface area contributed by atoms with Crippen LogP contribution in [0.15, 0.2) is 59.4 Å². The van der Waals surface area contributed by atoms with Crippen molar-refractivity contribution >= 4 is 22.5 Å². The van der Waals surface area contributed by atoms with Crippen molar-refractivity contribution in [2.45, 2.75) is 19.0 Å². The van der Waals surface area contributed by atoms with Crippen molar-refractivity contribution in [3.8, 4) is 0 Å². The average molecular weight is 349 g/mol. The molecule has 0 bridgehead atoms. The third kappa shape index (κ3) is 3.28. The molecule has 1 amide bonds. The first-order valence-electron chi connectivity index (χ1n) is 8.62. The Hall–Kier alpha value is -3.22. The molecular formula is C19H19N5O2. The number of likely N-dealkylation sites (tertiary alicyclic amines) is 1. The van der Waals surface area contributed by atoms with Crippen molar-refractivity contribution in [3.05, 3.63) is 65.0 Å². The SMILES string of the molecule is O=C(Cn1nnc2ccccc2c1=O)N1CC[C@H](Nc2ccccc2)C1. The van der Waals surface area contributed by atoms with Gasteiger partial charge in [0.25, 0.3) is 5.56 Å². The van der Waals surface area contributed by atoms with Crippen LogP contribution in [0.5, 0.6) is 0 Å². The number of amides is 1. The molecule has 1 aliphatic rings. The summed E-state index contributed by atoms with van der Waals surface area (Å²) in [6.45, 7) is 1.19. The number of carbonyl (C=O) groups excluding carboxylic acids is 1. The number of hydrogen-bond acceptors (Lipinski definition) is 5. The summed E-state index contributed by atoms with van der Waals surface area (Å²) in [6.07, 6.45) is 0.874. The van der Waals surface area contributed by atoms with Gasteiger partial charge < -0.3 is 10.2 Å². The summed E-state index contributed by atoms with van der Waals surface area (Å²) in [7, 11) is 0. The van der Waals surface area contributed by atoms with Crippen molar-refractivity contribution in [2.24, 2.45) is 0 Å². The molecule has 132 valence electrons. The third-order valence-electron chi connectivity index (χ3n) is 4.60. The van der Waals surface area contributed by atoms with Crippen LogP contribution in [0.3, 0.4) is 0 Å². The van der Waals surface area contributed by atoms with Gasteiger partial charge in [0.15, 0.2) is 0 Å². The zero-order valence-corrected chi connectivity index (χ0v) is 14.2. The largest absolute Gasteiger partial charge is 0.380 e. The van der Waals surface area contributed by atoms with Gasteiger partial charge in [0.05, 0.1) is 5.39 Å². The minimum Gasteiger partial charge on any atom is -0.380 e. The molecule has 1 N–H and O–H groups in total. The van der Waals surface area contributed by atoms with E-state index in [0.29, 0.717) is 24.0 Å². The van der Waals surface area contributed by atoms with Crippen molar-refractivity contribution in [1.82, 2.24) is 19.9 Å². The molecule has 2 aromatic carbocycles. The molecule has 1 aliphatic heterocycles. The molecule has 4 rings (SSSR count). The van der Waals surface area contributed by atoms with E-state index in [1.54, 1.807) is 29.2 Å². The van der Waals surface area contributed by atoms with Crippen molar-refractivity contribution < 1.29 is 4.79 Å². The Morgan fingerprint density at radius 3 is 2.73 bits per heavy atom. The van der Waals surface area contributed by atoms with E-state index in [9.17, 15) is 9.59 Å². The fourth-order valence-electron chi connectivity index (χ4n) is 3.23. The maximum Gasteiger partial charge on any atom is 0.278 e. The third-order valence-corrected chi connectivity index (χ3v) is 4.60. The van der Waals surface area contributed by atoms with Gasteiger partial charge in [-0.05, 0) is 30.7 Å². The first-order valence-corrected chi connectivity index (χ1v) is 8.62. The summed E-state index contributed by atoms with van der Waals surface area (Å²) >= 11 is 0. The minimum absolute atomic E-state index is 0.0886. The lowest BCUT2D eigenvalue weighted by atomic mass is 10.2. The second-order valence-corrected chi connectivity index (χ2v) is 6.41. The maximum absolute atomic E-state index is 12.6. The molecule has 1 fully saturated rings. The molecule has 0 saturated carbocycles. The number of para-hydroxylation sites is 1. The summed E-state index contributed by atoms with van der Waals surface area (Å²) in [4.78, 5) is 26.8. The van der Waals surface area contributed by atoms with E-state index in [2.05, 4.69) is 15.6 Å². The molecule has 0 aliphatic carbocycles. The first-order chi connectivity index (χ1) is 12.7. The summed E-state index contributed by atoms with van der Waals surface area (Å²) in [6, 6.07) is 17.2. The molecule has 7 heteroatoms. The van der Waals surface area contributed by atoms with Crippen LogP contribution < -0.4 is 10.9 Å². The number of fused-ring (bicyclic) bond motifs is 1. The van der Waals surface area contributed by atoms with Crippen molar-refractivity contribution in [1.29, 1.82) is 0 Å². The van der Waals surface area contributed by atoms with Crippen LogP contribution >= 0.6 is 0 Å². The fourth-order valence-corrected chi connectivity index (χ4v) is 3.23. The van der Waals surface area contributed by atoms with Crippen LogP contribution in [-0.2, 0) is 11.3 Å². The van der Waals surface area contributed by atoms with Crippen LogP contribution in [0.1, 0.15) is 6.42 Å². The number of anilines is 1. The van der Waals surface area contributed by atoms with Gasteiger partial charge in [0.2, 0.25) is 5.91 Å². The monoisotopic (exact) mass is 349 g/mol. The predicted octanol–water partition coefficient (Wildman–Crippen LogP) is 1.50. The van der Waals surface area contributed by atoms with Gasteiger partial charge in [-0.2, -0.15) is 0 Å². The van der Waals surface area contributed by atoms with E-state index < -0.39 is 0 Å².